The fourth-order valence-corrected chi connectivity index (χ4v) is 0.528. The fraction of sp³-hybridized carbons (Fsp3) is 0.889. The third kappa shape index (κ3) is 15.6. The van der Waals surface area contributed by atoms with Gasteiger partial charge in [0.1, 0.15) is 0 Å². The van der Waals surface area contributed by atoms with Crippen molar-refractivity contribution < 1.29 is 27.8 Å². The number of hydrogen-bond donors (Lipinski definition) is 2. The van der Waals surface area contributed by atoms with Gasteiger partial charge < -0.3 is 9.84 Å². The summed E-state index contributed by atoms with van der Waals surface area (Å²) in [4.78, 5) is 8.90. The summed E-state index contributed by atoms with van der Waals surface area (Å²) in [5.74, 6) is -2.76. The summed E-state index contributed by atoms with van der Waals surface area (Å²) in [5.41, 5.74) is 0.360. The predicted octanol–water partition coefficient (Wildman–Crippen LogP) is 1.86. The highest BCUT2D eigenvalue weighted by Crippen LogP contribution is 2.13. The van der Waals surface area contributed by atoms with Gasteiger partial charge in [0.05, 0.1) is 6.73 Å². The van der Waals surface area contributed by atoms with Crippen molar-refractivity contribution in [1.82, 2.24) is 5.32 Å². The summed E-state index contributed by atoms with van der Waals surface area (Å²) < 4.78 is 36.6. The fourth-order valence-electron chi connectivity index (χ4n) is 0.528. The first-order chi connectivity index (χ1) is 7.00. The molecule has 0 aromatic heterocycles. The first-order valence-electron chi connectivity index (χ1n) is 4.50. The molecule has 0 aliphatic carbocycles. The first kappa shape index (κ1) is 17.6. The van der Waals surface area contributed by atoms with Crippen LogP contribution in [0.25, 0.3) is 0 Å². The van der Waals surface area contributed by atoms with Crippen molar-refractivity contribution in [2.45, 2.75) is 26.9 Å². The van der Waals surface area contributed by atoms with Gasteiger partial charge in [-0.1, -0.05) is 20.8 Å². The van der Waals surface area contributed by atoms with E-state index < -0.39 is 12.1 Å². The van der Waals surface area contributed by atoms with Crippen molar-refractivity contribution in [2.75, 3.05) is 20.4 Å². The van der Waals surface area contributed by atoms with Gasteiger partial charge in [-0.25, -0.2) is 4.79 Å². The number of carboxylic acids is 1. The quantitative estimate of drug-likeness (QED) is 0.588. The van der Waals surface area contributed by atoms with Crippen LogP contribution < -0.4 is 5.32 Å². The topological polar surface area (TPSA) is 58.6 Å². The van der Waals surface area contributed by atoms with E-state index in [1.807, 2.05) is 0 Å². The average Bonchev–Trinajstić information content (AvgIpc) is 2.01. The summed E-state index contributed by atoms with van der Waals surface area (Å²) in [7, 11) is 1.69. The maximum atomic E-state index is 10.6. The summed E-state index contributed by atoms with van der Waals surface area (Å²) in [6.45, 7) is 8.22. The number of halogens is 3. The van der Waals surface area contributed by atoms with Crippen LogP contribution in [0.4, 0.5) is 13.2 Å². The van der Waals surface area contributed by atoms with E-state index in [0.29, 0.717) is 12.1 Å². The molecule has 0 bridgehead atoms. The molecule has 0 aromatic rings. The lowest BCUT2D eigenvalue weighted by molar-refractivity contribution is -0.192. The highest BCUT2D eigenvalue weighted by molar-refractivity contribution is 5.73. The Labute approximate surface area is 92.8 Å². The molecule has 0 heterocycles. The third-order valence-electron chi connectivity index (χ3n) is 1.14. The smallest absolute Gasteiger partial charge is 0.475 e. The molecule has 0 amide bonds. The minimum atomic E-state index is -5.08. The Kier molecular flexibility index (Phi) is 8.18. The van der Waals surface area contributed by atoms with Gasteiger partial charge in [0.25, 0.3) is 0 Å². The van der Waals surface area contributed by atoms with Crippen LogP contribution in [0.15, 0.2) is 0 Å². The van der Waals surface area contributed by atoms with Gasteiger partial charge in [-0.05, 0) is 5.41 Å². The SMILES string of the molecule is COCNCC(C)(C)C.O=C(O)C(F)(F)F. The Morgan fingerprint density at radius 3 is 1.88 bits per heavy atom. The Bertz CT molecular complexity index is 199. The van der Waals surface area contributed by atoms with Gasteiger partial charge in [-0.15, -0.1) is 0 Å². The van der Waals surface area contributed by atoms with Crippen LogP contribution in [0.1, 0.15) is 20.8 Å². The number of alkyl halides is 3. The van der Waals surface area contributed by atoms with Crippen LogP contribution in [-0.4, -0.2) is 37.6 Å². The lowest BCUT2D eigenvalue weighted by Crippen LogP contribution is -2.28. The molecule has 0 aliphatic heterocycles. The highest BCUT2D eigenvalue weighted by atomic mass is 19.4. The second-order valence-corrected chi connectivity index (χ2v) is 4.22. The van der Waals surface area contributed by atoms with E-state index in [1.165, 1.54) is 0 Å². The molecule has 0 spiro atoms. The molecule has 0 saturated carbocycles. The standard InChI is InChI=1S/C7H17NO.C2HF3O2/c1-7(2,3)5-8-6-9-4;3-2(4,5)1(6)7/h8H,5-6H2,1-4H3;(H,6,7). The van der Waals surface area contributed by atoms with E-state index in [0.717, 1.165) is 6.54 Å². The predicted molar refractivity (Wildman–Crippen MR) is 53.0 cm³/mol. The molecule has 0 rings (SSSR count). The van der Waals surface area contributed by atoms with Gasteiger partial charge in [0.15, 0.2) is 0 Å². The Hall–Kier alpha value is -0.820. The molecule has 0 aliphatic rings. The molecule has 0 fully saturated rings. The summed E-state index contributed by atoms with van der Waals surface area (Å²) in [6, 6.07) is 0. The minimum Gasteiger partial charge on any atom is -0.475 e. The van der Waals surface area contributed by atoms with Gasteiger partial charge in [0.2, 0.25) is 0 Å². The number of ether oxygens (including phenoxy) is 1. The lowest BCUT2D eigenvalue weighted by atomic mass is 9.97. The molecule has 0 unspecified atom stereocenters. The molecule has 98 valence electrons. The zero-order valence-electron chi connectivity index (χ0n) is 9.81. The number of carboxylic acid groups (broad SMARTS) is 1. The van der Waals surface area contributed by atoms with Gasteiger partial charge >= 0.3 is 12.1 Å². The number of rotatable bonds is 3. The van der Waals surface area contributed by atoms with Gasteiger partial charge in [-0.2, -0.15) is 13.2 Å². The molecule has 0 aromatic carbocycles. The number of hydrogen-bond acceptors (Lipinski definition) is 3. The molecular weight excluding hydrogens is 227 g/mol. The van der Waals surface area contributed by atoms with E-state index in [4.69, 9.17) is 14.6 Å². The minimum absolute atomic E-state index is 0.360. The average molecular weight is 245 g/mol. The molecule has 7 heteroatoms. The highest BCUT2D eigenvalue weighted by Gasteiger charge is 2.38. The van der Waals surface area contributed by atoms with E-state index >= 15 is 0 Å². The molecular formula is C9H18F3NO3. The zero-order chi connectivity index (χ0) is 13.4. The van der Waals surface area contributed by atoms with Crippen molar-refractivity contribution in [1.29, 1.82) is 0 Å². The van der Waals surface area contributed by atoms with E-state index in [9.17, 15) is 13.2 Å². The van der Waals surface area contributed by atoms with Crippen molar-refractivity contribution in [3.8, 4) is 0 Å². The van der Waals surface area contributed by atoms with Gasteiger partial charge in [0, 0.05) is 13.7 Å². The second kappa shape index (κ2) is 7.45. The largest absolute Gasteiger partial charge is 0.490 e. The van der Waals surface area contributed by atoms with Crippen molar-refractivity contribution in [2.24, 2.45) is 5.41 Å². The number of carbonyl (C=O) groups is 1. The Morgan fingerprint density at radius 1 is 1.31 bits per heavy atom. The maximum absolute atomic E-state index is 10.6. The molecule has 2 N–H and O–H groups in total. The third-order valence-corrected chi connectivity index (χ3v) is 1.14. The Balaban J connectivity index is 0. The Morgan fingerprint density at radius 2 is 1.69 bits per heavy atom. The van der Waals surface area contributed by atoms with Crippen LogP contribution in [0, 0.1) is 5.41 Å². The maximum Gasteiger partial charge on any atom is 0.490 e. The van der Waals surface area contributed by atoms with Gasteiger partial charge in [-0.3, -0.25) is 5.32 Å². The monoisotopic (exact) mass is 245 g/mol. The first-order valence-corrected chi connectivity index (χ1v) is 4.50. The summed E-state index contributed by atoms with van der Waals surface area (Å²) in [5, 5.41) is 10.3. The number of aliphatic carboxylic acids is 1. The van der Waals surface area contributed by atoms with Crippen molar-refractivity contribution in [3.05, 3.63) is 0 Å². The van der Waals surface area contributed by atoms with Crippen LogP contribution in [0.5, 0.6) is 0 Å². The lowest BCUT2D eigenvalue weighted by Gasteiger charge is -2.17. The summed E-state index contributed by atoms with van der Waals surface area (Å²) >= 11 is 0. The van der Waals surface area contributed by atoms with Crippen LogP contribution >= 0.6 is 0 Å². The molecule has 4 nitrogen and oxygen atoms in total. The molecule has 0 saturated heterocycles. The zero-order valence-corrected chi connectivity index (χ0v) is 9.81. The van der Waals surface area contributed by atoms with E-state index in [1.54, 1.807) is 7.11 Å². The van der Waals surface area contributed by atoms with Crippen LogP contribution in [0.2, 0.25) is 0 Å². The number of methoxy groups -OCH3 is 1. The van der Waals surface area contributed by atoms with E-state index in [2.05, 4.69) is 26.1 Å². The summed E-state index contributed by atoms with van der Waals surface area (Å²) in [6.07, 6.45) is -5.08. The molecule has 0 atom stereocenters. The van der Waals surface area contributed by atoms with E-state index in [-0.39, 0.29) is 0 Å². The number of nitrogens with one attached hydrogen (secondary N) is 1. The van der Waals surface area contributed by atoms with Crippen molar-refractivity contribution >= 4 is 5.97 Å². The molecule has 0 radical (unpaired) electrons. The second-order valence-electron chi connectivity index (χ2n) is 4.22. The van der Waals surface area contributed by atoms with Crippen LogP contribution in [-0.2, 0) is 9.53 Å². The van der Waals surface area contributed by atoms with Crippen molar-refractivity contribution in [3.63, 3.8) is 0 Å². The normalized spacial score (nSPS) is 11.7. The molecule has 16 heavy (non-hydrogen) atoms. The van der Waals surface area contributed by atoms with Crippen LogP contribution in [0.3, 0.4) is 0 Å².